The predicted molar refractivity (Wildman–Crippen MR) is 162 cm³/mol. The SMILES string of the molecule is CNC(=O)[C@@H](NC(=O)[C@H]1CN(C(=O)c2cnc(C3CC3)s2)CC12CN(C(=O)[C@H]1CC1(C)C)C2)[C@@H](C)OCC1CCCCC1. The lowest BCUT2D eigenvalue weighted by Crippen LogP contribution is -2.65. The average molecular weight is 614 g/mol. The molecule has 4 amide bonds. The van der Waals surface area contributed by atoms with Gasteiger partial charge in [0, 0.05) is 57.1 Å². The lowest BCUT2D eigenvalue weighted by atomic mass is 9.70. The summed E-state index contributed by atoms with van der Waals surface area (Å²) < 4.78 is 6.17. The summed E-state index contributed by atoms with van der Waals surface area (Å²) in [7, 11) is 1.56. The molecular weight excluding hydrogens is 566 g/mol. The maximum atomic E-state index is 14.0. The summed E-state index contributed by atoms with van der Waals surface area (Å²) >= 11 is 1.45. The number of rotatable bonds is 10. The van der Waals surface area contributed by atoms with Gasteiger partial charge in [0.05, 0.1) is 23.2 Å². The van der Waals surface area contributed by atoms with Crippen molar-refractivity contribution in [1.29, 1.82) is 0 Å². The Kier molecular flexibility index (Phi) is 8.34. The number of carbonyl (C=O) groups excluding carboxylic acids is 4. The van der Waals surface area contributed by atoms with E-state index in [-0.39, 0.29) is 41.5 Å². The molecule has 3 saturated carbocycles. The first kappa shape index (κ1) is 30.5. The van der Waals surface area contributed by atoms with Crippen LogP contribution in [0, 0.1) is 28.6 Å². The van der Waals surface area contributed by atoms with Crippen molar-refractivity contribution >= 4 is 35.0 Å². The number of likely N-dealkylation sites (tertiary alicyclic amines) is 2. The monoisotopic (exact) mass is 613 g/mol. The molecule has 5 fully saturated rings. The summed E-state index contributed by atoms with van der Waals surface area (Å²) in [6.45, 7) is 8.16. The highest BCUT2D eigenvalue weighted by molar-refractivity contribution is 7.13. The molecule has 6 rings (SSSR count). The number of aromatic nitrogens is 1. The van der Waals surface area contributed by atoms with E-state index in [9.17, 15) is 19.2 Å². The number of nitrogens with one attached hydrogen (secondary N) is 2. The van der Waals surface area contributed by atoms with Gasteiger partial charge in [-0.1, -0.05) is 33.1 Å². The van der Waals surface area contributed by atoms with Crippen LogP contribution in [0.1, 0.15) is 92.7 Å². The third kappa shape index (κ3) is 6.21. The van der Waals surface area contributed by atoms with Crippen LogP contribution in [-0.4, -0.2) is 90.4 Å². The van der Waals surface area contributed by atoms with Gasteiger partial charge in [-0.25, -0.2) is 4.98 Å². The molecule has 2 saturated heterocycles. The molecule has 236 valence electrons. The molecule has 0 unspecified atom stereocenters. The largest absolute Gasteiger partial charge is 0.376 e. The first-order valence-corrected chi connectivity index (χ1v) is 17.0. The summed E-state index contributed by atoms with van der Waals surface area (Å²) in [5.74, 6) is -0.102. The second kappa shape index (κ2) is 11.8. The number of nitrogens with zero attached hydrogens (tertiary/aromatic N) is 3. The van der Waals surface area contributed by atoms with Crippen molar-refractivity contribution in [3.05, 3.63) is 16.1 Å². The highest BCUT2D eigenvalue weighted by Gasteiger charge is 2.62. The minimum atomic E-state index is -0.851. The standard InChI is InChI=1S/C32H47N5O5S/c1-19(42-15-20-8-6-5-7-9-20)25(27(39)33-4)35-26(38)23-14-36(30(41)24-13-34-28(43-24)21-10-11-21)16-32(23)17-37(18-32)29(40)22-12-31(22,2)3/h13,19-23,25H,5-12,14-18H2,1-4H3,(H,33,39)(H,35,38)/t19-,22-,23-,25+/m1/s1. The third-order valence-corrected chi connectivity index (χ3v) is 11.8. The summed E-state index contributed by atoms with van der Waals surface area (Å²) in [4.78, 5) is 62.5. The van der Waals surface area contributed by atoms with Gasteiger partial charge in [-0.2, -0.15) is 0 Å². The molecule has 4 atom stereocenters. The average Bonchev–Trinajstić information content (AvgIpc) is 3.82. The van der Waals surface area contributed by atoms with Gasteiger partial charge >= 0.3 is 0 Å². The Morgan fingerprint density at radius 1 is 1.05 bits per heavy atom. The van der Waals surface area contributed by atoms with Crippen molar-refractivity contribution in [3.8, 4) is 0 Å². The minimum absolute atomic E-state index is 0.0220. The summed E-state index contributed by atoms with van der Waals surface area (Å²) in [6, 6.07) is -0.851. The van der Waals surface area contributed by atoms with E-state index in [0.29, 0.717) is 43.0 Å². The Hall–Kier alpha value is -2.53. The molecule has 3 heterocycles. The fourth-order valence-corrected chi connectivity index (χ4v) is 8.44. The second-order valence-electron chi connectivity index (χ2n) is 14.5. The fraction of sp³-hybridized carbons (Fsp3) is 0.781. The Balaban J connectivity index is 1.16. The van der Waals surface area contributed by atoms with Gasteiger partial charge in [0.15, 0.2) is 0 Å². The zero-order valence-electron chi connectivity index (χ0n) is 26.0. The maximum absolute atomic E-state index is 14.0. The van der Waals surface area contributed by atoms with Crippen LogP contribution in [0.15, 0.2) is 6.20 Å². The van der Waals surface area contributed by atoms with E-state index in [1.165, 1.54) is 30.6 Å². The van der Waals surface area contributed by atoms with E-state index in [1.54, 1.807) is 18.1 Å². The molecule has 3 aliphatic carbocycles. The van der Waals surface area contributed by atoms with Crippen LogP contribution >= 0.6 is 11.3 Å². The van der Waals surface area contributed by atoms with E-state index in [2.05, 4.69) is 29.5 Å². The van der Waals surface area contributed by atoms with Gasteiger partial charge < -0.3 is 25.2 Å². The van der Waals surface area contributed by atoms with Gasteiger partial charge in [0.25, 0.3) is 5.91 Å². The van der Waals surface area contributed by atoms with Crippen LogP contribution in [-0.2, 0) is 19.1 Å². The van der Waals surface area contributed by atoms with Crippen LogP contribution < -0.4 is 10.6 Å². The quantitative estimate of drug-likeness (QED) is 0.418. The van der Waals surface area contributed by atoms with Gasteiger partial charge in [-0.3, -0.25) is 19.2 Å². The van der Waals surface area contributed by atoms with Crippen molar-refractivity contribution in [2.24, 2.45) is 28.6 Å². The molecular formula is C32H47N5O5S. The Labute approximate surface area is 258 Å². The molecule has 0 radical (unpaired) electrons. The molecule has 1 aromatic heterocycles. The number of hydrogen-bond donors (Lipinski definition) is 2. The fourth-order valence-electron chi connectivity index (χ4n) is 7.39. The summed E-state index contributed by atoms with van der Waals surface area (Å²) in [6.07, 6.45) is 10.2. The summed E-state index contributed by atoms with van der Waals surface area (Å²) in [5.41, 5.74) is -0.522. The first-order chi connectivity index (χ1) is 20.5. The van der Waals surface area contributed by atoms with Crippen LogP contribution in [0.4, 0.5) is 0 Å². The molecule has 0 aromatic carbocycles. The van der Waals surface area contributed by atoms with Gasteiger partial charge in [-0.15, -0.1) is 11.3 Å². The number of amides is 4. The topological polar surface area (TPSA) is 121 Å². The van der Waals surface area contributed by atoms with Crippen molar-refractivity contribution in [3.63, 3.8) is 0 Å². The second-order valence-corrected chi connectivity index (χ2v) is 15.6. The molecule has 2 aliphatic heterocycles. The molecule has 11 heteroatoms. The smallest absolute Gasteiger partial charge is 0.265 e. The Morgan fingerprint density at radius 2 is 1.72 bits per heavy atom. The van der Waals surface area contributed by atoms with Gasteiger partial charge in [0.2, 0.25) is 17.7 Å². The minimum Gasteiger partial charge on any atom is -0.376 e. The first-order valence-electron chi connectivity index (χ1n) is 16.2. The van der Waals surface area contributed by atoms with Crippen molar-refractivity contribution < 1.29 is 23.9 Å². The van der Waals surface area contributed by atoms with E-state index in [4.69, 9.17) is 4.74 Å². The van der Waals surface area contributed by atoms with E-state index < -0.39 is 23.5 Å². The Morgan fingerprint density at radius 3 is 2.35 bits per heavy atom. The number of carbonyl (C=O) groups is 4. The zero-order chi connectivity index (χ0) is 30.5. The highest BCUT2D eigenvalue weighted by atomic mass is 32.1. The molecule has 5 aliphatic rings. The van der Waals surface area contributed by atoms with Crippen molar-refractivity contribution in [1.82, 2.24) is 25.4 Å². The Bertz CT molecular complexity index is 1250. The lowest BCUT2D eigenvalue weighted by Gasteiger charge is -2.50. The molecule has 10 nitrogen and oxygen atoms in total. The molecule has 43 heavy (non-hydrogen) atoms. The third-order valence-electron chi connectivity index (χ3n) is 10.7. The van der Waals surface area contributed by atoms with Crippen molar-refractivity contribution in [2.45, 2.75) is 90.2 Å². The normalized spacial score (nSPS) is 27.3. The van der Waals surface area contributed by atoms with Gasteiger partial charge in [-0.05, 0) is 50.4 Å². The number of hydrogen-bond acceptors (Lipinski definition) is 7. The molecule has 0 bridgehead atoms. The molecule has 1 aromatic rings. The number of thiazole rings is 1. The highest BCUT2D eigenvalue weighted by Crippen LogP contribution is 2.55. The molecule has 2 N–H and O–H groups in total. The zero-order valence-corrected chi connectivity index (χ0v) is 26.8. The number of ether oxygens (including phenoxy) is 1. The predicted octanol–water partition coefficient (Wildman–Crippen LogP) is 3.18. The molecule has 1 spiro atoms. The number of likely N-dealkylation sites (N-methyl/N-ethyl adjacent to an activating group) is 1. The summed E-state index contributed by atoms with van der Waals surface area (Å²) in [5, 5.41) is 6.71. The van der Waals surface area contributed by atoms with Gasteiger partial charge in [0.1, 0.15) is 10.9 Å². The van der Waals surface area contributed by atoms with Crippen LogP contribution in [0.25, 0.3) is 0 Å². The van der Waals surface area contributed by atoms with Crippen molar-refractivity contribution in [2.75, 3.05) is 39.8 Å². The van der Waals surface area contributed by atoms with E-state index in [0.717, 1.165) is 37.1 Å². The van der Waals surface area contributed by atoms with E-state index >= 15 is 0 Å². The lowest BCUT2D eigenvalue weighted by molar-refractivity contribution is -0.152. The van der Waals surface area contributed by atoms with Crippen LogP contribution in [0.5, 0.6) is 0 Å². The van der Waals surface area contributed by atoms with E-state index in [1.807, 2.05) is 11.8 Å². The van der Waals surface area contributed by atoms with Crippen LogP contribution in [0.2, 0.25) is 0 Å². The van der Waals surface area contributed by atoms with Crippen LogP contribution in [0.3, 0.4) is 0 Å². The maximum Gasteiger partial charge on any atom is 0.265 e.